The van der Waals surface area contributed by atoms with Gasteiger partial charge in [-0.3, -0.25) is 4.79 Å². The number of allylic oxidation sites excluding steroid dienone is 1. The van der Waals surface area contributed by atoms with Gasteiger partial charge in [0.25, 0.3) is 0 Å². The Balaban J connectivity index is 1.62. The largest absolute Gasteiger partial charge is 0.506 e. The summed E-state index contributed by atoms with van der Waals surface area (Å²) < 4.78 is 17.7. The molecule has 0 saturated heterocycles. The fraction of sp³-hybridized carbons (Fsp3) is 0.222. The molecule has 5 nitrogen and oxygen atoms in total. The third-order valence-corrected chi connectivity index (χ3v) is 5.64. The SMILES string of the molecule is CC1(C)C=Cc2c(O)c(C(=O)/C=C/c3ccc4occc4c3)c3c(c2O1)C=CC(C)(C)O3. The number of hydrogen-bond acceptors (Lipinski definition) is 5. The quantitative estimate of drug-likeness (QED) is 0.386. The van der Waals surface area contributed by atoms with Crippen molar-refractivity contribution in [3.8, 4) is 17.2 Å². The Morgan fingerprint density at radius 1 is 0.938 bits per heavy atom. The van der Waals surface area contributed by atoms with Gasteiger partial charge in [0.1, 0.15) is 39.6 Å². The van der Waals surface area contributed by atoms with Crippen molar-refractivity contribution < 1.29 is 23.8 Å². The van der Waals surface area contributed by atoms with E-state index in [9.17, 15) is 9.90 Å². The first-order valence-electron chi connectivity index (χ1n) is 10.5. The number of fused-ring (bicyclic) bond motifs is 4. The zero-order valence-electron chi connectivity index (χ0n) is 18.4. The summed E-state index contributed by atoms with van der Waals surface area (Å²) in [5.41, 5.74) is 1.74. The van der Waals surface area contributed by atoms with Crippen LogP contribution in [0.2, 0.25) is 0 Å². The number of furan rings is 1. The van der Waals surface area contributed by atoms with Crippen LogP contribution in [0, 0.1) is 0 Å². The van der Waals surface area contributed by atoms with Crippen molar-refractivity contribution in [3.05, 3.63) is 71.0 Å². The Hall–Kier alpha value is -3.73. The topological polar surface area (TPSA) is 68.9 Å². The molecule has 0 bridgehead atoms. The number of aromatic hydroxyl groups is 1. The summed E-state index contributed by atoms with van der Waals surface area (Å²) in [4.78, 5) is 13.3. The lowest BCUT2D eigenvalue weighted by atomic mass is 9.90. The number of hydrogen-bond donors (Lipinski definition) is 1. The van der Waals surface area contributed by atoms with Crippen molar-refractivity contribution >= 4 is 35.0 Å². The first-order valence-corrected chi connectivity index (χ1v) is 10.5. The maximum atomic E-state index is 13.3. The molecule has 2 aliphatic heterocycles. The van der Waals surface area contributed by atoms with Gasteiger partial charge in [-0.25, -0.2) is 0 Å². The number of carbonyl (C=O) groups is 1. The molecule has 5 rings (SSSR count). The van der Waals surface area contributed by atoms with Crippen molar-refractivity contribution in [1.29, 1.82) is 0 Å². The van der Waals surface area contributed by atoms with E-state index in [2.05, 4.69) is 0 Å². The van der Waals surface area contributed by atoms with Crippen LogP contribution in [-0.4, -0.2) is 22.1 Å². The number of rotatable bonds is 3. The van der Waals surface area contributed by atoms with E-state index in [0.29, 0.717) is 22.6 Å². The van der Waals surface area contributed by atoms with Gasteiger partial charge in [0, 0.05) is 5.39 Å². The molecule has 0 amide bonds. The van der Waals surface area contributed by atoms with Gasteiger partial charge in [-0.2, -0.15) is 0 Å². The number of ether oxygens (including phenoxy) is 2. The molecule has 0 spiro atoms. The van der Waals surface area contributed by atoms with Gasteiger partial charge >= 0.3 is 0 Å². The maximum Gasteiger partial charge on any atom is 0.193 e. The van der Waals surface area contributed by atoms with Crippen molar-refractivity contribution in [3.63, 3.8) is 0 Å². The normalized spacial score (nSPS) is 17.6. The van der Waals surface area contributed by atoms with Gasteiger partial charge in [-0.05, 0) is 81.8 Å². The highest BCUT2D eigenvalue weighted by molar-refractivity contribution is 6.12. The third kappa shape index (κ3) is 3.40. The number of phenols is 1. The molecule has 162 valence electrons. The predicted octanol–water partition coefficient (Wildman–Crippen LogP) is 6.40. The number of carbonyl (C=O) groups excluding carboxylic acids is 1. The number of benzene rings is 2. The average molecular weight is 428 g/mol. The zero-order chi connectivity index (χ0) is 22.7. The summed E-state index contributed by atoms with van der Waals surface area (Å²) in [7, 11) is 0. The first-order chi connectivity index (χ1) is 15.1. The molecule has 0 atom stereocenters. The van der Waals surface area contributed by atoms with Crippen LogP contribution in [0.5, 0.6) is 17.2 Å². The van der Waals surface area contributed by atoms with Gasteiger partial charge in [-0.1, -0.05) is 12.1 Å². The molecule has 3 aromatic rings. The molecule has 0 saturated carbocycles. The molecule has 0 aliphatic carbocycles. The Labute approximate surface area is 186 Å². The van der Waals surface area contributed by atoms with Gasteiger partial charge in [0.15, 0.2) is 5.78 Å². The minimum absolute atomic E-state index is 0.129. The molecule has 0 radical (unpaired) electrons. The van der Waals surface area contributed by atoms with E-state index < -0.39 is 11.2 Å². The summed E-state index contributed by atoms with van der Waals surface area (Å²) in [5, 5.41) is 12.1. The lowest BCUT2D eigenvalue weighted by Crippen LogP contribution is -2.31. The van der Waals surface area contributed by atoms with Gasteiger partial charge < -0.3 is 19.0 Å². The molecule has 2 aliphatic rings. The molecule has 0 fully saturated rings. The number of phenolic OH excluding ortho intramolecular Hbond substituents is 1. The van der Waals surface area contributed by atoms with E-state index in [-0.39, 0.29) is 17.1 Å². The van der Waals surface area contributed by atoms with Crippen molar-refractivity contribution in [2.75, 3.05) is 0 Å². The van der Waals surface area contributed by atoms with E-state index in [0.717, 1.165) is 16.5 Å². The summed E-state index contributed by atoms with van der Waals surface area (Å²) in [5.74, 6) is 0.359. The smallest absolute Gasteiger partial charge is 0.193 e. The van der Waals surface area contributed by atoms with Crippen molar-refractivity contribution in [2.45, 2.75) is 38.9 Å². The van der Waals surface area contributed by atoms with Gasteiger partial charge in [0.2, 0.25) is 0 Å². The van der Waals surface area contributed by atoms with Crippen LogP contribution >= 0.6 is 0 Å². The van der Waals surface area contributed by atoms with Gasteiger partial charge in [-0.15, -0.1) is 0 Å². The van der Waals surface area contributed by atoms with E-state index in [4.69, 9.17) is 13.9 Å². The lowest BCUT2D eigenvalue weighted by molar-refractivity contribution is 0.102. The molecular formula is C27H24O5. The van der Waals surface area contributed by atoms with Crippen molar-refractivity contribution in [1.82, 2.24) is 0 Å². The minimum atomic E-state index is -0.626. The highest BCUT2D eigenvalue weighted by Crippen LogP contribution is 2.50. The zero-order valence-corrected chi connectivity index (χ0v) is 18.4. The van der Waals surface area contributed by atoms with Crippen molar-refractivity contribution in [2.24, 2.45) is 0 Å². The fourth-order valence-corrected chi connectivity index (χ4v) is 3.99. The second-order valence-corrected chi connectivity index (χ2v) is 9.20. The second kappa shape index (κ2) is 6.89. The summed E-state index contributed by atoms with van der Waals surface area (Å²) in [6.07, 6.45) is 12.3. The summed E-state index contributed by atoms with van der Waals surface area (Å²) >= 11 is 0. The first kappa shape index (κ1) is 20.2. The average Bonchev–Trinajstić information content (AvgIpc) is 3.18. The summed E-state index contributed by atoms with van der Waals surface area (Å²) in [6.45, 7) is 7.67. The Kier molecular flexibility index (Phi) is 4.35. The van der Waals surface area contributed by atoms with Crippen LogP contribution in [-0.2, 0) is 0 Å². The Morgan fingerprint density at radius 3 is 2.38 bits per heavy atom. The predicted molar refractivity (Wildman–Crippen MR) is 125 cm³/mol. The second-order valence-electron chi connectivity index (χ2n) is 9.20. The van der Waals surface area contributed by atoms with E-state index in [1.807, 2.05) is 70.2 Å². The number of ketones is 1. The fourth-order valence-electron chi connectivity index (χ4n) is 3.99. The molecular weight excluding hydrogens is 404 g/mol. The van der Waals surface area contributed by atoms with E-state index in [1.54, 1.807) is 18.4 Å². The molecule has 5 heteroatoms. The summed E-state index contributed by atoms with van der Waals surface area (Å²) in [6, 6.07) is 7.54. The lowest BCUT2D eigenvalue weighted by Gasteiger charge is -2.35. The van der Waals surface area contributed by atoms with E-state index >= 15 is 0 Å². The monoisotopic (exact) mass is 428 g/mol. The Bertz CT molecular complexity index is 1350. The molecule has 0 unspecified atom stereocenters. The van der Waals surface area contributed by atoms with Crippen LogP contribution < -0.4 is 9.47 Å². The van der Waals surface area contributed by atoms with E-state index in [1.165, 1.54) is 6.08 Å². The maximum absolute atomic E-state index is 13.3. The minimum Gasteiger partial charge on any atom is -0.506 e. The molecule has 3 heterocycles. The van der Waals surface area contributed by atoms with Crippen LogP contribution in [0.1, 0.15) is 54.7 Å². The van der Waals surface area contributed by atoms with Crippen LogP contribution in [0.4, 0.5) is 0 Å². The van der Waals surface area contributed by atoms with Crippen LogP contribution in [0.25, 0.3) is 29.2 Å². The Morgan fingerprint density at radius 2 is 1.62 bits per heavy atom. The van der Waals surface area contributed by atoms with Gasteiger partial charge in [0.05, 0.1) is 17.4 Å². The standard InChI is InChI=1S/C27H24O5/c1-26(2)12-9-18-23(29)22(25-19(24(18)31-26)10-13-27(3,4)32-25)20(28)7-5-16-6-8-21-17(15-16)11-14-30-21/h5-15,29H,1-4H3/b7-5+. The van der Waals surface area contributed by atoms with Crippen LogP contribution in [0.3, 0.4) is 0 Å². The third-order valence-electron chi connectivity index (χ3n) is 5.64. The highest BCUT2D eigenvalue weighted by atomic mass is 16.5. The molecule has 2 aromatic carbocycles. The van der Waals surface area contributed by atoms with Crippen LogP contribution in [0.15, 0.2) is 53.2 Å². The highest BCUT2D eigenvalue weighted by Gasteiger charge is 2.36. The molecule has 1 aromatic heterocycles. The molecule has 32 heavy (non-hydrogen) atoms. The molecule has 1 N–H and O–H groups in total.